The van der Waals surface area contributed by atoms with E-state index in [9.17, 15) is 0 Å². The molecule has 0 aliphatic heterocycles. The van der Waals surface area contributed by atoms with Crippen molar-refractivity contribution in [2.75, 3.05) is 5.32 Å². The zero-order chi connectivity index (χ0) is 14.3. The van der Waals surface area contributed by atoms with Gasteiger partial charge in [0.2, 0.25) is 0 Å². The van der Waals surface area contributed by atoms with Gasteiger partial charge in [-0.1, -0.05) is 22.9 Å². The third-order valence-electron chi connectivity index (χ3n) is 3.31. The van der Waals surface area contributed by atoms with Gasteiger partial charge in [-0.15, -0.1) is 5.10 Å². The maximum Gasteiger partial charge on any atom is 0.183 e. The average Bonchev–Trinajstić information content (AvgIpc) is 2.77. The normalized spacial score (nSPS) is 11.0. The van der Waals surface area contributed by atoms with Crippen LogP contribution in [0.25, 0.3) is 11.2 Å². The number of fused-ring (bicyclic) bond motifs is 1. The highest BCUT2D eigenvalue weighted by atomic mass is 15.4. The first-order chi connectivity index (χ1) is 9.56. The van der Waals surface area contributed by atoms with E-state index in [1.807, 2.05) is 7.05 Å². The van der Waals surface area contributed by atoms with Gasteiger partial charge in [-0.2, -0.15) is 0 Å². The Morgan fingerprint density at radius 2 is 1.75 bits per heavy atom. The molecule has 6 heteroatoms. The Kier molecular flexibility index (Phi) is 2.85. The van der Waals surface area contributed by atoms with E-state index in [0.29, 0.717) is 17.0 Å². The smallest absolute Gasteiger partial charge is 0.183 e. The van der Waals surface area contributed by atoms with Gasteiger partial charge in [0.15, 0.2) is 17.0 Å². The predicted octanol–water partition coefficient (Wildman–Crippen LogP) is 2.43. The summed E-state index contributed by atoms with van der Waals surface area (Å²) in [5.74, 6) is 0.679. The number of anilines is 2. The summed E-state index contributed by atoms with van der Waals surface area (Å²) in [4.78, 5) is 8.47. The van der Waals surface area contributed by atoms with E-state index < -0.39 is 0 Å². The zero-order valence-corrected chi connectivity index (χ0v) is 12.0. The number of hydrogen-bond donors (Lipinski definition) is 1. The molecular formula is C14H16N6. The van der Waals surface area contributed by atoms with E-state index >= 15 is 0 Å². The molecule has 0 aliphatic rings. The molecule has 1 aromatic carbocycles. The summed E-state index contributed by atoms with van der Waals surface area (Å²) in [6.07, 6.45) is 1.52. The Labute approximate surface area is 116 Å². The quantitative estimate of drug-likeness (QED) is 0.773. The van der Waals surface area contributed by atoms with Crippen molar-refractivity contribution in [2.24, 2.45) is 7.05 Å². The number of benzene rings is 1. The first-order valence-corrected chi connectivity index (χ1v) is 6.41. The lowest BCUT2D eigenvalue weighted by Gasteiger charge is -2.13. The summed E-state index contributed by atoms with van der Waals surface area (Å²) >= 11 is 0. The molecule has 2 heterocycles. The van der Waals surface area contributed by atoms with Crippen molar-refractivity contribution in [1.82, 2.24) is 25.0 Å². The van der Waals surface area contributed by atoms with Crippen LogP contribution in [-0.4, -0.2) is 25.0 Å². The van der Waals surface area contributed by atoms with E-state index in [4.69, 9.17) is 0 Å². The van der Waals surface area contributed by atoms with Gasteiger partial charge in [0, 0.05) is 12.7 Å². The fourth-order valence-corrected chi connectivity index (χ4v) is 2.44. The second-order valence-corrected chi connectivity index (χ2v) is 5.01. The minimum absolute atomic E-state index is 0.675. The van der Waals surface area contributed by atoms with Crippen molar-refractivity contribution in [3.05, 3.63) is 35.2 Å². The maximum atomic E-state index is 4.28. The summed E-state index contributed by atoms with van der Waals surface area (Å²) in [5.41, 5.74) is 6.05. The Balaban J connectivity index is 2.10. The number of nitrogens with zero attached hydrogens (tertiary/aromatic N) is 5. The molecule has 0 spiro atoms. The summed E-state index contributed by atoms with van der Waals surface area (Å²) in [6, 6.07) is 4.29. The molecule has 0 radical (unpaired) electrons. The zero-order valence-electron chi connectivity index (χ0n) is 12.0. The highest BCUT2D eigenvalue weighted by Crippen LogP contribution is 2.27. The van der Waals surface area contributed by atoms with E-state index in [1.165, 1.54) is 23.0 Å². The SMILES string of the molecule is Cc1cc(C)c(Nc2ncnc3c2nnn3C)c(C)c1. The lowest BCUT2D eigenvalue weighted by atomic mass is 10.1. The molecule has 0 amide bonds. The van der Waals surface area contributed by atoms with Gasteiger partial charge in [-0.05, 0) is 31.9 Å². The van der Waals surface area contributed by atoms with Crippen LogP contribution in [0.3, 0.4) is 0 Å². The second-order valence-electron chi connectivity index (χ2n) is 5.01. The predicted molar refractivity (Wildman–Crippen MR) is 78.0 cm³/mol. The number of hydrogen-bond acceptors (Lipinski definition) is 5. The maximum absolute atomic E-state index is 4.28. The van der Waals surface area contributed by atoms with E-state index in [1.54, 1.807) is 4.68 Å². The van der Waals surface area contributed by atoms with Crippen molar-refractivity contribution in [3.8, 4) is 0 Å². The number of aromatic nitrogens is 5. The average molecular weight is 268 g/mol. The molecule has 0 saturated heterocycles. The third kappa shape index (κ3) is 1.99. The van der Waals surface area contributed by atoms with Crippen molar-refractivity contribution in [2.45, 2.75) is 20.8 Å². The Bertz CT molecular complexity index is 766. The fraction of sp³-hybridized carbons (Fsp3) is 0.286. The standard InChI is InChI=1S/C14H16N6/c1-8-5-9(2)11(10(3)6-8)17-13-12-14(16-7-15-13)20(4)19-18-12/h5-7H,1-4H3,(H,15,16,17). The van der Waals surface area contributed by atoms with Gasteiger partial charge in [-0.3, -0.25) is 0 Å². The highest BCUT2D eigenvalue weighted by Gasteiger charge is 2.12. The van der Waals surface area contributed by atoms with Crippen LogP contribution in [0.1, 0.15) is 16.7 Å². The van der Waals surface area contributed by atoms with Crippen LogP contribution in [0.4, 0.5) is 11.5 Å². The van der Waals surface area contributed by atoms with Crippen LogP contribution in [0, 0.1) is 20.8 Å². The largest absolute Gasteiger partial charge is 0.338 e. The van der Waals surface area contributed by atoms with Gasteiger partial charge >= 0.3 is 0 Å². The first-order valence-electron chi connectivity index (χ1n) is 6.41. The van der Waals surface area contributed by atoms with Gasteiger partial charge < -0.3 is 5.32 Å². The van der Waals surface area contributed by atoms with Crippen LogP contribution < -0.4 is 5.32 Å². The molecule has 0 aliphatic carbocycles. The molecular weight excluding hydrogens is 252 g/mol. The number of rotatable bonds is 2. The fourth-order valence-electron chi connectivity index (χ4n) is 2.44. The first kappa shape index (κ1) is 12.5. The lowest BCUT2D eigenvalue weighted by molar-refractivity contribution is 0.729. The van der Waals surface area contributed by atoms with Crippen LogP contribution in [-0.2, 0) is 7.05 Å². The van der Waals surface area contributed by atoms with E-state index in [0.717, 1.165) is 5.69 Å². The van der Waals surface area contributed by atoms with E-state index in [-0.39, 0.29) is 0 Å². The van der Waals surface area contributed by atoms with Crippen molar-refractivity contribution >= 4 is 22.7 Å². The van der Waals surface area contributed by atoms with Gasteiger partial charge in [-0.25, -0.2) is 14.6 Å². The molecule has 6 nitrogen and oxygen atoms in total. The molecule has 0 fully saturated rings. The Morgan fingerprint density at radius 1 is 1.05 bits per heavy atom. The molecule has 1 N–H and O–H groups in total. The molecule has 2 aromatic heterocycles. The highest BCUT2D eigenvalue weighted by molar-refractivity contribution is 5.85. The van der Waals surface area contributed by atoms with Crippen LogP contribution in [0.15, 0.2) is 18.5 Å². The van der Waals surface area contributed by atoms with Crippen molar-refractivity contribution < 1.29 is 0 Å². The monoisotopic (exact) mass is 268 g/mol. The Morgan fingerprint density at radius 3 is 2.45 bits per heavy atom. The van der Waals surface area contributed by atoms with Crippen LogP contribution >= 0.6 is 0 Å². The molecule has 3 aromatic rings. The molecule has 0 bridgehead atoms. The molecule has 20 heavy (non-hydrogen) atoms. The Hall–Kier alpha value is -2.50. The van der Waals surface area contributed by atoms with Gasteiger partial charge in [0.05, 0.1) is 0 Å². The van der Waals surface area contributed by atoms with Gasteiger partial charge in [0.25, 0.3) is 0 Å². The number of nitrogens with one attached hydrogen (secondary N) is 1. The van der Waals surface area contributed by atoms with Crippen molar-refractivity contribution in [3.63, 3.8) is 0 Å². The molecule has 0 saturated carbocycles. The molecule has 3 rings (SSSR count). The summed E-state index contributed by atoms with van der Waals surface area (Å²) < 4.78 is 1.64. The lowest BCUT2D eigenvalue weighted by Crippen LogP contribution is -2.01. The summed E-state index contributed by atoms with van der Waals surface area (Å²) in [7, 11) is 1.81. The second kappa shape index (κ2) is 4.56. The minimum atomic E-state index is 0.675. The minimum Gasteiger partial charge on any atom is -0.338 e. The third-order valence-corrected chi connectivity index (χ3v) is 3.31. The van der Waals surface area contributed by atoms with Crippen molar-refractivity contribution in [1.29, 1.82) is 0 Å². The molecule has 0 unspecified atom stereocenters. The summed E-state index contributed by atoms with van der Waals surface area (Å²) in [6.45, 7) is 6.25. The molecule has 102 valence electrons. The summed E-state index contributed by atoms with van der Waals surface area (Å²) in [5, 5.41) is 11.5. The van der Waals surface area contributed by atoms with E-state index in [2.05, 4.69) is 58.5 Å². The topological polar surface area (TPSA) is 68.5 Å². The molecule has 0 atom stereocenters. The van der Waals surface area contributed by atoms with Crippen LogP contribution in [0.2, 0.25) is 0 Å². The van der Waals surface area contributed by atoms with Crippen LogP contribution in [0.5, 0.6) is 0 Å². The van der Waals surface area contributed by atoms with Gasteiger partial charge in [0.1, 0.15) is 6.33 Å². The number of aryl methyl sites for hydroxylation is 4.